The Morgan fingerprint density at radius 1 is 1.00 bits per heavy atom. The second kappa shape index (κ2) is 10.7. The van der Waals surface area contributed by atoms with Crippen LogP contribution in [0.3, 0.4) is 0 Å². The summed E-state index contributed by atoms with van der Waals surface area (Å²) in [5.41, 5.74) is 1.46. The number of hydrogen-bond acceptors (Lipinski definition) is 5. The summed E-state index contributed by atoms with van der Waals surface area (Å²) in [5, 5.41) is 15.2. The van der Waals surface area contributed by atoms with Gasteiger partial charge in [-0.15, -0.1) is 0 Å². The maximum Gasteiger partial charge on any atom is 0.250 e. The molecule has 8 heteroatoms. The fraction of sp³-hybridized carbons (Fsp3) is 0.516. The van der Waals surface area contributed by atoms with Crippen LogP contribution in [-0.4, -0.2) is 58.1 Å². The minimum absolute atomic E-state index is 0.138. The molecule has 5 rings (SSSR count). The number of amides is 3. The molecule has 3 aliphatic rings. The molecule has 3 N–H and O–H groups in total. The van der Waals surface area contributed by atoms with Crippen LogP contribution >= 0.6 is 0 Å². The molecule has 5 atom stereocenters. The highest BCUT2D eigenvalue weighted by atomic mass is 16.5. The minimum Gasteiger partial charge on any atom is -0.396 e. The minimum atomic E-state index is -1.06. The van der Waals surface area contributed by atoms with Crippen molar-refractivity contribution in [3.05, 3.63) is 59.7 Å². The van der Waals surface area contributed by atoms with Gasteiger partial charge in [0.1, 0.15) is 11.6 Å². The van der Waals surface area contributed by atoms with Crippen LogP contribution in [0.1, 0.15) is 56.6 Å². The van der Waals surface area contributed by atoms with E-state index in [1.807, 2.05) is 69.3 Å². The van der Waals surface area contributed by atoms with Gasteiger partial charge < -0.3 is 25.4 Å². The van der Waals surface area contributed by atoms with Gasteiger partial charge >= 0.3 is 0 Å². The van der Waals surface area contributed by atoms with Crippen LogP contribution in [0.4, 0.5) is 11.4 Å². The molecule has 2 bridgehead atoms. The number of rotatable bonds is 10. The van der Waals surface area contributed by atoms with Crippen LogP contribution < -0.4 is 10.6 Å². The van der Waals surface area contributed by atoms with Crippen LogP contribution in [-0.2, 0) is 19.1 Å². The van der Waals surface area contributed by atoms with Gasteiger partial charge in [-0.05, 0) is 75.8 Å². The lowest BCUT2D eigenvalue weighted by molar-refractivity contribution is -0.143. The summed E-state index contributed by atoms with van der Waals surface area (Å²) in [5.74, 6) is -2.14. The Balaban J connectivity index is 1.46. The molecule has 3 heterocycles. The Kier molecular flexibility index (Phi) is 7.53. The third kappa shape index (κ3) is 4.85. The number of aliphatic hydroxyl groups excluding tert-OH is 1. The highest BCUT2D eigenvalue weighted by Crippen LogP contribution is 2.63. The summed E-state index contributed by atoms with van der Waals surface area (Å²) >= 11 is 0. The molecule has 0 radical (unpaired) electrons. The molecule has 3 fully saturated rings. The lowest BCUT2D eigenvalue weighted by Crippen LogP contribution is -2.53. The van der Waals surface area contributed by atoms with E-state index in [1.165, 1.54) is 0 Å². The Hall–Kier alpha value is -3.23. The van der Waals surface area contributed by atoms with Crippen molar-refractivity contribution >= 4 is 29.1 Å². The average molecular weight is 534 g/mol. The number of fused-ring (bicyclic) bond motifs is 1. The van der Waals surface area contributed by atoms with Gasteiger partial charge in [-0.2, -0.15) is 0 Å². The highest BCUT2D eigenvalue weighted by Gasteiger charge is 2.77. The molecule has 8 nitrogen and oxygen atoms in total. The predicted octanol–water partition coefficient (Wildman–Crippen LogP) is 4.20. The normalized spacial score (nSPS) is 29.0. The number of nitrogens with one attached hydrogen (secondary N) is 2. The molecule has 2 aromatic carbocycles. The lowest BCUT2D eigenvalue weighted by atomic mass is 9.66. The van der Waals surface area contributed by atoms with Crippen LogP contribution in [0.15, 0.2) is 48.5 Å². The van der Waals surface area contributed by atoms with Gasteiger partial charge in [0.25, 0.3) is 0 Å². The fourth-order valence-electron chi connectivity index (χ4n) is 6.93. The van der Waals surface area contributed by atoms with Crippen molar-refractivity contribution in [2.75, 3.05) is 23.8 Å². The Labute approximate surface area is 230 Å². The molecular formula is C31H39N3O5. The molecule has 0 aromatic heterocycles. The number of aliphatic hydroxyl groups is 1. The zero-order valence-electron chi connectivity index (χ0n) is 23.0. The summed E-state index contributed by atoms with van der Waals surface area (Å²) in [6.45, 7) is 6.36. The van der Waals surface area contributed by atoms with E-state index in [9.17, 15) is 14.4 Å². The van der Waals surface area contributed by atoms with E-state index < -0.39 is 29.1 Å². The summed E-state index contributed by atoms with van der Waals surface area (Å²) in [7, 11) is 0. The van der Waals surface area contributed by atoms with E-state index in [0.717, 1.165) is 24.0 Å². The first kappa shape index (κ1) is 27.3. The maximum atomic E-state index is 14.1. The first-order valence-corrected chi connectivity index (χ1v) is 14.1. The number of para-hydroxylation sites is 1. The van der Waals surface area contributed by atoms with Gasteiger partial charge in [0.15, 0.2) is 0 Å². The number of unbranched alkanes of at least 4 members (excludes halogenated alkanes) is 3. The molecular weight excluding hydrogens is 494 g/mol. The van der Waals surface area contributed by atoms with Crippen molar-refractivity contribution in [3.63, 3.8) is 0 Å². The van der Waals surface area contributed by atoms with Gasteiger partial charge in [0, 0.05) is 24.5 Å². The van der Waals surface area contributed by atoms with E-state index >= 15 is 0 Å². The number of nitrogens with zero attached hydrogens (tertiary/aromatic N) is 1. The van der Waals surface area contributed by atoms with Gasteiger partial charge in [-0.1, -0.05) is 43.2 Å². The van der Waals surface area contributed by atoms with Crippen molar-refractivity contribution in [1.29, 1.82) is 0 Å². The lowest BCUT2D eigenvalue weighted by Gasteiger charge is -2.33. The van der Waals surface area contributed by atoms with E-state index in [4.69, 9.17) is 9.84 Å². The molecule has 0 aliphatic carbocycles. The van der Waals surface area contributed by atoms with Crippen molar-refractivity contribution in [1.82, 2.24) is 4.90 Å². The standard InChI is InChI=1S/C31H39N3O5/c1-20-13-14-21(2)23(19-20)33-28(37)26-31-16-15-30(3,39-31)24(27(36)32-22-11-7-6-8-12-22)25(31)29(38)34(26)17-9-4-5-10-18-35/h6-8,11-14,19,24-26,35H,4-5,9-10,15-18H2,1-3H3,(H,32,36)(H,33,37)/t24-,25-,26?,30+,31?/m0/s1. The van der Waals surface area contributed by atoms with Crippen LogP contribution in [0.25, 0.3) is 0 Å². The Bertz CT molecular complexity index is 1250. The first-order chi connectivity index (χ1) is 18.7. The van der Waals surface area contributed by atoms with Crippen molar-refractivity contribution in [2.24, 2.45) is 11.8 Å². The SMILES string of the molecule is Cc1ccc(C)c(NC(=O)C2N(CCCCCCO)C(=O)[C@@H]3[C@@H](C(=O)Nc4ccccc4)[C@@]4(C)CCC23O4)c1. The molecule has 3 aliphatic heterocycles. The number of anilines is 2. The van der Waals surface area contributed by atoms with E-state index in [1.54, 1.807) is 4.90 Å². The predicted molar refractivity (Wildman–Crippen MR) is 149 cm³/mol. The van der Waals surface area contributed by atoms with E-state index in [2.05, 4.69) is 10.6 Å². The van der Waals surface area contributed by atoms with Crippen molar-refractivity contribution in [2.45, 2.75) is 76.5 Å². The molecule has 2 aromatic rings. The number of likely N-dealkylation sites (tertiary alicyclic amines) is 1. The smallest absolute Gasteiger partial charge is 0.250 e. The fourth-order valence-corrected chi connectivity index (χ4v) is 6.93. The summed E-state index contributed by atoms with van der Waals surface area (Å²) in [6.07, 6.45) is 4.25. The third-order valence-corrected chi connectivity index (χ3v) is 8.81. The molecule has 39 heavy (non-hydrogen) atoms. The number of carbonyl (C=O) groups excluding carboxylic acids is 3. The number of aryl methyl sites for hydroxylation is 2. The second-order valence-electron chi connectivity index (χ2n) is 11.6. The zero-order chi connectivity index (χ0) is 27.8. The largest absolute Gasteiger partial charge is 0.396 e. The average Bonchev–Trinajstić information content (AvgIpc) is 3.47. The summed E-state index contributed by atoms with van der Waals surface area (Å²) in [4.78, 5) is 43.5. The number of hydrogen-bond donors (Lipinski definition) is 3. The second-order valence-corrected chi connectivity index (χ2v) is 11.6. The summed E-state index contributed by atoms with van der Waals surface area (Å²) < 4.78 is 6.70. The van der Waals surface area contributed by atoms with Crippen LogP contribution in [0.2, 0.25) is 0 Å². The van der Waals surface area contributed by atoms with Gasteiger partial charge in [-0.25, -0.2) is 0 Å². The molecule has 3 saturated heterocycles. The van der Waals surface area contributed by atoms with Crippen LogP contribution in [0.5, 0.6) is 0 Å². The van der Waals surface area contributed by atoms with Crippen molar-refractivity contribution in [3.8, 4) is 0 Å². The maximum absolute atomic E-state index is 14.1. The summed E-state index contributed by atoms with van der Waals surface area (Å²) in [6, 6.07) is 14.3. The number of ether oxygens (including phenoxy) is 1. The monoisotopic (exact) mass is 533 g/mol. The number of carbonyl (C=O) groups is 3. The topological polar surface area (TPSA) is 108 Å². The first-order valence-electron chi connectivity index (χ1n) is 14.1. The molecule has 208 valence electrons. The van der Waals surface area contributed by atoms with Gasteiger partial charge in [0.2, 0.25) is 17.7 Å². The third-order valence-electron chi connectivity index (χ3n) is 8.81. The molecule has 2 unspecified atom stereocenters. The Morgan fingerprint density at radius 2 is 1.74 bits per heavy atom. The van der Waals surface area contributed by atoms with E-state index in [0.29, 0.717) is 43.6 Å². The quantitative estimate of drug-likeness (QED) is 0.397. The van der Waals surface area contributed by atoms with E-state index in [-0.39, 0.29) is 24.3 Å². The molecule has 3 amide bonds. The Morgan fingerprint density at radius 3 is 2.49 bits per heavy atom. The van der Waals surface area contributed by atoms with Gasteiger partial charge in [0.05, 0.1) is 17.4 Å². The van der Waals surface area contributed by atoms with Crippen molar-refractivity contribution < 1.29 is 24.2 Å². The number of benzene rings is 2. The molecule has 1 spiro atoms. The highest BCUT2D eigenvalue weighted by molar-refractivity contribution is 6.05. The van der Waals surface area contributed by atoms with Crippen LogP contribution in [0, 0.1) is 25.7 Å². The van der Waals surface area contributed by atoms with Gasteiger partial charge in [-0.3, -0.25) is 14.4 Å². The zero-order valence-corrected chi connectivity index (χ0v) is 23.0. The molecule has 0 saturated carbocycles.